The highest BCUT2D eigenvalue weighted by atomic mass is 79.9. The molecule has 6 heteroatoms. The van der Waals surface area contributed by atoms with Gasteiger partial charge < -0.3 is 9.47 Å². The fraction of sp³-hybridized carbons (Fsp3) is 0.176. The van der Waals surface area contributed by atoms with Gasteiger partial charge in [0.15, 0.2) is 17.7 Å². The number of ether oxygens (including phenoxy) is 2. The van der Waals surface area contributed by atoms with Gasteiger partial charge in [-0.1, -0.05) is 28.1 Å². The lowest BCUT2D eigenvalue weighted by molar-refractivity contribution is 0.0318. The van der Waals surface area contributed by atoms with E-state index in [1.54, 1.807) is 24.3 Å². The fourth-order valence-corrected chi connectivity index (χ4v) is 2.19. The highest BCUT2D eigenvalue weighted by molar-refractivity contribution is 9.10. The molecule has 0 saturated heterocycles. The minimum absolute atomic E-state index is 0.0127. The highest BCUT2D eigenvalue weighted by Crippen LogP contribution is 2.19. The average Bonchev–Trinajstić information content (AvgIpc) is 2.54. The van der Waals surface area contributed by atoms with Gasteiger partial charge in [-0.2, -0.15) is 0 Å². The summed E-state index contributed by atoms with van der Waals surface area (Å²) in [4.78, 5) is 24.2. The van der Waals surface area contributed by atoms with Crippen molar-refractivity contribution in [1.29, 1.82) is 0 Å². The second kappa shape index (κ2) is 7.37. The Morgan fingerprint density at radius 2 is 1.70 bits per heavy atom. The van der Waals surface area contributed by atoms with Gasteiger partial charge in [0.25, 0.3) is 0 Å². The van der Waals surface area contributed by atoms with Crippen molar-refractivity contribution in [1.82, 2.24) is 0 Å². The normalized spacial score (nSPS) is 11.7. The van der Waals surface area contributed by atoms with Crippen LogP contribution in [-0.2, 0) is 4.74 Å². The molecule has 0 aliphatic heterocycles. The van der Waals surface area contributed by atoms with Crippen LogP contribution in [0.1, 0.15) is 27.6 Å². The first-order valence-corrected chi connectivity index (χ1v) is 7.56. The Bertz CT molecular complexity index is 728. The summed E-state index contributed by atoms with van der Waals surface area (Å²) in [6.45, 7) is 1.47. The smallest absolute Gasteiger partial charge is 0.338 e. The van der Waals surface area contributed by atoms with Crippen LogP contribution in [-0.4, -0.2) is 25.0 Å². The molecule has 0 aliphatic carbocycles. The summed E-state index contributed by atoms with van der Waals surface area (Å²) in [5.41, 5.74) is 0.438. The summed E-state index contributed by atoms with van der Waals surface area (Å²) in [6, 6.07) is 10.4. The SMILES string of the molecule is COc1ccc(C(=O)O[C@@H](C)C(=O)c2ccc(Br)cc2)cc1F. The van der Waals surface area contributed by atoms with Crippen LogP contribution in [0.4, 0.5) is 4.39 Å². The number of carbonyl (C=O) groups is 2. The number of Topliss-reactive ketones (excluding diaryl/α,β-unsaturated/α-hetero) is 1. The molecule has 1 atom stereocenters. The van der Waals surface area contributed by atoms with Crippen LogP contribution < -0.4 is 4.74 Å². The molecule has 0 fully saturated rings. The molecule has 2 aromatic rings. The predicted octanol–water partition coefficient (Wildman–Crippen LogP) is 4.03. The van der Waals surface area contributed by atoms with Crippen LogP contribution in [0.2, 0.25) is 0 Å². The minimum atomic E-state index is -0.978. The van der Waals surface area contributed by atoms with Crippen molar-refractivity contribution in [3.8, 4) is 5.75 Å². The molecule has 0 aliphatic rings. The van der Waals surface area contributed by atoms with Crippen LogP contribution in [0.3, 0.4) is 0 Å². The van der Waals surface area contributed by atoms with E-state index in [4.69, 9.17) is 9.47 Å². The van der Waals surface area contributed by atoms with E-state index >= 15 is 0 Å². The molecular formula is C17H14BrFO4. The van der Waals surface area contributed by atoms with E-state index in [0.717, 1.165) is 10.5 Å². The van der Waals surface area contributed by atoms with Gasteiger partial charge in [0.05, 0.1) is 12.7 Å². The van der Waals surface area contributed by atoms with Crippen molar-refractivity contribution in [3.63, 3.8) is 0 Å². The third-order valence-corrected chi connectivity index (χ3v) is 3.70. The largest absolute Gasteiger partial charge is 0.494 e. The Morgan fingerprint density at radius 1 is 1.09 bits per heavy atom. The molecule has 120 valence electrons. The molecule has 4 nitrogen and oxygen atoms in total. The van der Waals surface area contributed by atoms with Crippen molar-refractivity contribution in [2.45, 2.75) is 13.0 Å². The fourth-order valence-electron chi connectivity index (χ4n) is 1.92. The Balaban J connectivity index is 2.08. The number of rotatable bonds is 5. The third kappa shape index (κ3) is 4.16. The van der Waals surface area contributed by atoms with Crippen LogP contribution >= 0.6 is 15.9 Å². The summed E-state index contributed by atoms with van der Waals surface area (Å²) in [5.74, 6) is -1.75. The van der Waals surface area contributed by atoms with Gasteiger partial charge in [-0.05, 0) is 37.3 Å². The summed E-state index contributed by atoms with van der Waals surface area (Å²) in [6.07, 6.45) is -0.978. The van der Waals surface area contributed by atoms with Crippen molar-refractivity contribution in [2.24, 2.45) is 0 Å². The average molecular weight is 381 g/mol. The minimum Gasteiger partial charge on any atom is -0.494 e. The first kappa shape index (κ1) is 17.1. The van der Waals surface area contributed by atoms with E-state index < -0.39 is 17.9 Å². The molecule has 0 spiro atoms. The molecule has 0 amide bonds. The molecule has 0 heterocycles. The maximum Gasteiger partial charge on any atom is 0.338 e. The third-order valence-electron chi connectivity index (χ3n) is 3.17. The second-order valence-electron chi connectivity index (χ2n) is 4.77. The molecule has 0 N–H and O–H groups in total. The van der Waals surface area contributed by atoms with Gasteiger partial charge in [-0.15, -0.1) is 0 Å². The molecule has 0 bridgehead atoms. The summed E-state index contributed by atoms with van der Waals surface area (Å²) < 4.78 is 24.3. The van der Waals surface area contributed by atoms with Crippen molar-refractivity contribution >= 4 is 27.7 Å². The Kier molecular flexibility index (Phi) is 5.50. The van der Waals surface area contributed by atoms with Crippen molar-refractivity contribution < 1.29 is 23.5 Å². The Morgan fingerprint density at radius 3 is 2.26 bits per heavy atom. The molecule has 0 aromatic heterocycles. The molecule has 0 unspecified atom stereocenters. The summed E-state index contributed by atoms with van der Waals surface area (Å²) in [7, 11) is 1.33. The van der Waals surface area contributed by atoms with Gasteiger partial charge in [0.1, 0.15) is 0 Å². The topological polar surface area (TPSA) is 52.6 Å². The lowest BCUT2D eigenvalue weighted by Crippen LogP contribution is -2.24. The quantitative estimate of drug-likeness (QED) is 0.580. The van der Waals surface area contributed by atoms with Crippen LogP contribution in [0.25, 0.3) is 0 Å². The zero-order valence-electron chi connectivity index (χ0n) is 12.5. The highest BCUT2D eigenvalue weighted by Gasteiger charge is 2.21. The number of benzene rings is 2. The number of ketones is 1. The number of methoxy groups -OCH3 is 1. The van der Waals surface area contributed by atoms with Gasteiger partial charge in [0.2, 0.25) is 5.78 Å². The summed E-state index contributed by atoms with van der Waals surface area (Å²) >= 11 is 3.28. The van der Waals surface area contributed by atoms with E-state index in [2.05, 4.69) is 15.9 Å². The molecule has 23 heavy (non-hydrogen) atoms. The number of hydrogen-bond acceptors (Lipinski definition) is 4. The lowest BCUT2D eigenvalue weighted by Gasteiger charge is -2.13. The second-order valence-corrected chi connectivity index (χ2v) is 5.68. The Hall–Kier alpha value is -2.21. The van der Waals surface area contributed by atoms with E-state index in [1.165, 1.54) is 26.2 Å². The lowest BCUT2D eigenvalue weighted by atomic mass is 10.1. The van der Waals surface area contributed by atoms with Gasteiger partial charge in [-0.25, -0.2) is 9.18 Å². The van der Waals surface area contributed by atoms with Gasteiger partial charge in [-0.3, -0.25) is 4.79 Å². The van der Waals surface area contributed by atoms with Gasteiger partial charge >= 0.3 is 5.97 Å². The van der Waals surface area contributed by atoms with Crippen LogP contribution in [0, 0.1) is 5.82 Å². The van der Waals surface area contributed by atoms with E-state index in [0.29, 0.717) is 5.56 Å². The van der Waals surface area contributed by atoms with Gasteiger partial charge in [0, 0.05) is 10.0 Å². The predicted molar refractivity (Wildman–Crippen MR) is 86.3 cm³/mol. The number of esters is 1. The van der Waals surface area contributed by atoms with Crippen molar-refractivity contribution in [3.05, 3.63) is 63.9 Å². The molecule has 2 aromatic carbocycles. The Labute approximate surface area is 141 Å². The first-order chi connectivity index (χ1) is 10.9. The van der Waals surface area contributed by atoms with E-state index in [-0.39, 0.29) is 17.1 Å². The molecule has 0 saturated carbocycles. The summed E-state index contributed by atoms with van der Waals surface area (Å²) in [5, 5.41) is 0. The number of carbonyl (C=O) groups excluding carboxylic acids is 2. The molecular weight excluding hydrogens is 367 g/mol. The maximum atomic E-state index is 13.6. The number of hydrogen-bond donors (Lipinski definition) is 0. The van der Waals surface area contributed by atoms with Crippen LogP contribution in [0.5, 0.6) is 5.75 Å². The maximum absolute atomic E-state index is 13.6. The zero-order valence-corrected chi connectivity index (χ0v) is 14.1. The van der Waals surface area contributed by atoms with Crippen LogP contribution in [0.15, 0.2) is 46.9 Å². The van der Waals surface area contributed by atoms with E-state index in [9.17, 15) is 14.0 Å². The first-order valence-electron chi connectivity index (χ1n) is 6.76. The van der Waals surface area contributed by atoms with Crippen molar-refractivity contribution in [2.75, 3.05) is 7.11 Å². The van der Waals surface area contributed by atoms with E-state index in [1.807, 2.05) is 0 Å². The number of halogens is 2. The molecule has 0 radical (unpaired) electrons. The zero-order chi connectivity index (χ0) is 17.0. The monoisotopic (exact) mass is 380 g/mol. The standard InChI is InChI=1S/C17H14BrFO4/c1-10(16(20)11-3-6-13(18)7-4-11)23-17(21)12-5-8-15(22-2)14(19)9-12/h3-10H,1-2H3/t10-/m0/s1. The molecule has 2 rings (SSSR count).